The Kier molecular flexibility index (Phi) is 3.72. The summed E-state index contributed by atoms with van der Waals surface area (Å²) >= 11 is 5.61. The fourth-order valence-corrected chi connectivity index (χ4v) is 4.21. The first-order chi connectivity index (χ1) is 11.9. The van der Waals surface area contributed by atoms with Crippen LogP contribution in [0.25, 0.3) is 0 Å². The van der Waals surface area contributed by atoms with Crippen LogP contribution in [0.2, 0.25) is 5.02 Å². The van der Waals surface area contributed by atoms with Crippen LogP contribution in [0.1, 0.15) is 31.0 Å². The van der Waals surface area contributed by atoms with Crippen LogP contribution >= 0.6 is 11.6 Å². The van der Waals surface area contributed by atoms with Gasteiger partial charge in [-0.15, -0.1) is 10.2 Å². The number of nitrogens with zero attached hydrogens (tertiary/aromatic N) is 2. The third-order valence-electron chi connectivity index (χ3n) is 4.90. The van der Waals surface area contributed by atoms with E-state index in [1.807, 2.05) is 0 Å². The minimum absolute atomic E-state index is 0.0207. The minimum atomic E-state index is -0.572. The Labute approximate surface area is 148 Å². The van der Waals surface area contributed by atoms with Gasteiger partial charge in [-0.05, 0) is 36.8 Å². The fraction of sp³-hybridized carbons (Fsp3) is 0.471. The topological polar surface area (TPSA) is 77.2 Å². The predicted molar refractivity (Wildman–Crippen MR) is 86.8 cm³/mol. The van der Waals surface area contributed by atoms with E-state index in [9.17, 15) is 9.18 Å². The van der Waals surface area contributed by atoms with Crippen LogP contribution in [-0.2, 0) is 11.2 Å². The van der Waals surface area contributed by atoms with Crippen LogP contribution in [0, 0.1) is 18.2 Å². The van der Waals surface area contributed by atoms with Gasteiger partial charge in [0, 0.05) is 24.9 Å². The number of ether oxygens (including phenoxy) is 1. The number of halogens is 2. The molecular weight excluding hydrogens is 349 g/mol. The molecule has 0 atom stereocenters. The van der Waals surface area contributed by atoms with Gasteiger partial charge in [0.05, 0.1) is 5.02 Å². The molecule has 1 heterocycles. The van der Waals surface area contributed by atoms with Gasteiger partial charge in [-0.2, -0.15) is 0 Å². The number of carbonyl (C=O) groups excluding carboxylic acids is 1. The molecule has 3 fully saturated rings. The average Bonchev–Trinajstić information content (AvgIpc) is 2.90. The summed E-state index contributed by atoms with van der Waals surface area (Å²) in [5.74, 6) is 0.720. The van der Waals surface area contributed by atoms with Crippen LogP contribution < -0.4 is 10.1 Å². The minimum Gasteiger partial charge on any atom is -0.484 e. The van der Waals surface area contributed by atoms with Gasteiger partial charge < -0.3 is 14.5 Å². The van der Waals surface area contributed by atoms with Crippen molar-refractivity contribution < 1.29 is 18.3 Å². The number of benzene rings is 1. The Bertz CT molecular complexity index is 819. The molecule has 25 heavy (non-hydrogen) atoms. The van der Waals surface area contributed by atoms with E-state index in [1.165, 1.54) is 12.1 Å². The van der Waals surface area contributed by atoms with Crippen LogP contribution in [-0.4, -0.2) is 28.3 Å². The van der Waals surface area contributed by atoms with Gasteiger partial charge in [-0.25, -0.2) is 4.39 Å². The molecule has 2 aromatic rings. The highest BCUT2D eigenvalue weighted by Gasteiger charge is 2.68. The number of hydrogen-bond acceptors (Lipinski definition) is 5. The molecule has 1 amide bonds. The van der Waals surface area contributed by atoms with E-state index < -0.39 is 5.82 Å². The van der Waals surface area contributed by atoms with Gasteiger partial charge in [0.2, 0.25) is 11.8 Å². The van der Waals surface area contributed by atoms with Crippen molar-refractivity contribution in [3.05, 3.63) is 40.8 Å². The number of carbonyl (C=O) groups is 1. The first-order valence-electron chi connectivity index (χ1n) is 8.05. The van der Waals surface area contributed by atoms with Crippen LogP contribution in [0.15, 0.2) is 22.6 Å². The Balaban J connectivity index is 1.24. The van der Waals surface area contributed by atoms with Crippen molar-refractivity contribution in [2.75, 3.05) is 6.61 Å². The molecule has 8 heteroatoms. The Morgan fingerprint density at radius 2 is 2.16 bits per heavy atom. The molecule has 0 radical (unpaired) electrons. The first-order valence-corrected chi connectivity index (χ1v) is 8.43. The maximum Gasteiger partial charge on any atom is 0.258 e. The largest absolute Gasteiger partial charge is 0.484 e. The molecule has 3 aliphatic rings. The number of hydrogen-bond donors (Lipinski definition) is 1. The van der Waals surface area contributed by atoms with Crippen molar-refractivity contribution >= 4 is 17.5 Å². The molecule has 3 aliphatic carbocycles. The number of nitrogens with one attached hydrogen (secondary N) is 1. The van der Waals surface area contributed by atoms with Crippen molar-refractivity contribution in [2.24, 2.45) is 5.41 Å². The number of aromatic nitrogens is 2. The average molecular weight is 366 g/mol. The first kappa shape index (κ1) is 16.3. The molecular formula is C17H17ClFN3O3. The SMILES string of the molecule is Cc1nnc(CC23CC(NC(=O)COc4ccc(Cl)c(F)c4)(C2)C3)o1. The highest BCUT2D eigenvalue weighted by atomic mass is 35.5. The molecule has 1 aromatic carbocycles. The van der Waals surface area contributed by atoms with Crippen molar-refractivity contribution in [2.45, 2.75) is 38.1 Å². The fourth-order valence-electron chi connectivity index (χ4n) is 4.10. The highest BCUT2D eigenvalue weighted by Crippen LogP contribution is 2.68. The maximum absolute atomic E-state index is 13.3. The number of amides is 1. The summed E-state index contributed by atoms with van der Waals surface area (Å²) in [6.45, 7) is 1.62. The third-order valence-corrected chi connectivity index (χ3v) is 5.21. The summed E-state index contributed by atoms with van der Waals surface area (Å²) in [6, 6.07) is 4.09. The van der Waals surface area contributed by atoms with E-state index in [0.717, 1.165) is 31.7 Å². The summed E-state index contributed by atoms with van der Waals surface area (Å²) in [6.07, 6.45) is 3.47. The molecule has 132 valence electrons. The summed E-state index contributed by atoms with van der Waals surface area (Å²) in [4.78, 5) is 12.1. The molecule has 0 spiro atoms. The lowest BCUT2D eigenvalue weighted by Crippen LogP contribution is -2.75. The van der Waals surface area contributed by atoms with Crippen molar-refractivity contribution in [1.82, 2.24) is 15.5 Å². The Morgan fingerprint density at radius 3 is 2.80 bits per heavy atom. The normalized spacial score (nSPS) is 26.5. The molecule has 5 rings (SSSR count). The van der Waals surface area contributed by atoms with Crippen molar-refractivity contribution in [1.29, 1.82) is 0 Å². The Morgan fingerprint density at radius 1 is 1.40 bits per heavy atom. The van der Waals surface area contributed by atoms with Gasteiger partial charge >= 0.3 is 0 Å². The second kappa shape index (κ2) is 5.69. The van der Waals surface area contributed by atoms with E-state index in [4.69, 9.17) is 20.8 Å². The van der Waals surface area contributed by atoms with E-state index in [2.05, 4.69) is 15.5 Å². The quantitative estimate of drug-likeness (QED) is 0.851. The van der Waals surface area contributed by atoms with Crippen LogP contribution in [0.4, 0.5) is 4.39 Å². The summed E-state index contributed by atoms with van der Waals surface area (Å²) in [5.41, 5.74) is 0.0349. The predicted octanol–water partition coefficient (Wildman–Crippen LogP) is 2.83. The maximum atomic E-state index is 13.3. The van der Waals surface area contributed by atoms with E-state index >= 15 is 0 Å². The van der Waals surface area contributed by atoms with Gasteiger partial charge in [0.1, 0.15) is 11.6 Å². The molecule has 3 saturated carbocycles. The smallest absolute Gasteiger partial charge is 0.258 e. The van der Waals surface area contributed by atoms with E-state index in [-0.39, 0.29) is 34.2 Å². The summed E-state index contributed by atoms with van der Waals surface area (Å²) in [7, 11) is 0. The summed E-state index contributed by atoms with van der Waals surface area (Å²) in [5, 5.41) is 10.9. The zero-order chi connectivity index (χ0) is 17.7. The van der Waals surface area contributed by atoms with E-state index in [0.29, 0.717) is 11.8 Å². The second-order valence-corrected chi connectivity index (χ2v) is 7.52. The lowest BCUT2D eigenvalue weighted by Gasteiger charge is -2.70. The standard InChI is InChI=1S/C17H17ClFN3O3/c1-10-21-22-15(25-10)5-16-7-17(8-16,9-16)20-14(23)6-24-11-2-3-12(18)13(19)4-11/h2-4H,5-9H2,1H3,(H,20,23). The van der Waals surface area contributed by atoms with Crippen molar-refractivity contribution in [3.63, 3.8) is 0 Å². The number of aryl methyl sites for hydroxylation is 1. The zero-order valence-corrected chi connectivity index (χ0v) is 14.4. The molecule has 0 saturated heterocycles. The number of rotatable bonds is 6. The van der Waals surface area contributed by atoms with Gasteiger partial charge in [-0.3, -0.25) is 4.79 Å². The molecule has 0 aliphatic heterocycles. The molecule has 6 nitrogen and oxygen atoms in total. The van der Waals surface area contributed by atoms with Crippen LogP contribution in [0.3, 0.4) is 0 Å². The third kappa shape index (κ3) is 3.08. The Hall–Kier alpha value is -2.15. The lowest BCUT2D eigenvalue weighted by molar-refractivity contribution is -0.167. The molecule has 1 N–H and O–H groups in total. The molecule has 1 aromatic heterocycles. The summed E-state index contributed by atoms with van der Waals surface area (Å²) < 4.78 is 24.1. The second-order valence-electron chi connectivity index (χ2n) is 7.12. The van der Waals surface area contributed by atoms with Crippen LogP contribution in [0.5, 0.6) is 5.75 Å². The monoisotopic (exact) mass is 365 g/mol. The highest BCUT2D eigenvalue weighted by molar-refractivity contribution is 6.30. The lowest BCUT2D eigenvalue weighted by atomic mass is 9.38. The molecule has 2 bridgehead atoms. The molecule has 0 unspecified atom stereocenters. The van der Waals surface area contributed by atoms with Gasteiger partial charge in [0.25, 0.3) is 5.91 Å². The van der Waals surface area contributed by atoms with E-state index in [1.54, 1.807) is 6.92 Å². The van der Waals surface area contributed by atoms with Gasteiger partial charge in [-0.1, -0.05) is 11.6 Å². The zero-order valence-electron chi connectivity index (χ0n) is 13.6. The van der Waals surface area contributed by atoms with Crippen molar-refractivity contribution in [3.8, 4) is 5.75 Å². The van der Waals surface area contributed by atoms with Gasteiger partial charge in [0.15, 0.2) is 6.61 Å².